The van der Waals surface area contributed by atoms with E-state index in [9.17, 15) is 9.90 Å². The molecule has 5 nitrogen and oxygen atoms in total. The Balaban J connectivity index is 2.75. The van der Waals surface area contributed by atoms with Crippen molar-refractivity contribution in [2.75, 3.05) is 6.54 Å². The Morgan fingerprint density at radius 2 is 2.33 bits per heavy atom. The zero-order valence-corrected chi connectivity index (χ0v) is 9.24. The third kappa shape index (κ3) is 1.83. The number of halogens is 1. The Hall–Kier alpha value is -1.11. The molecule has 0 radical (unpaired) electrons. The van der Waals surface area contributed by atoms with Gasteiger partial charge in [0.15, 0.2) is 5.58 Å². The second-order valence-electron chi connectivity index (χ2n) is 3.14. The van der Waals surface area contributed by atoms with E-state index in [1.807, 2.05) is 0 Å². The zero-order valence-electron chi connectivity index (χ0n) is 7.66. The minimum atomic E-state index is -0.844. The molecule has 0 amide bonds. The first-order chi connectivity index (χ1) is 7.11. The van der Waals surface area contributed by atoms with Crippen molar-refractivity contribution in [3.8, 4) is 0 Å². The van der Waals surface area contributed by atoms with E-state index < -0.39 is 11.9 Å². The molecule has 1 heterocycles. The number of benzene rings is 1. The normalized spacial score (nSPS) is 13.3. The number of nitrogens with two attached hydrogens (primary N) is 1. The smallest absolute Gasteiger partial charge is 0.407 e. The molecule has 1 unspecified atom stereocenters. The molecule has 0 fully saturated rings. The standard InChI is InChI=1S/C9H9BrN2O3/c10-4-1-5(7(13)3-11)8-6(2-4)12-9(14)15-8/h1-2,7,13H,3,11H2,(H,12,14). The van der Waals surface area contributed by atoms with E-state index in [-0.39, 0.29) is 6.54 Å². The predicted molar refractivity (Wildman–Crippen MR) is 58.5 cm³/mol. The van der Waals surface area contributed by atoms with Gasteiger partial charge in [0.25, 0.3) is 0 Å². The summed E-state index contributed by atoms with van der Waals surface area (Å²) in [5.41, 5.74) is 6.74. The van der Waals surface area contributed by atoms with Crippen LogP contribution in [0.4, 0.5) is 0 Å². The van der Waals surface area contributed by atoms with Crippen LogP contribution < -0.4 is 11.5 Å². The summed E-state index contributed by atoms with van der Waals surface area (Å²) in [4.78, 5) is 13.5. The molecule has 0 saturated heterocycles. The highest BCUT2D eigenvalue weighted by atomic mass is 79.9. The molecule has 0 aliphatic heterocycles. The fourth-order valence-corrected chi connectivity index (χ4v) is 1.90. The number of rotatable bonds is 2. The van der Waals surface area contributed by atoms with Crippen molar-refractivity contribution in [1.29, 1.82) is 0 Å². The molecule has 80 valence electrons. The van der Waals surface area contributed by atoms with Crippen LogP contribution in [0.25, 0.3) is 11.1 Å². The molecule has 6 heteroatoms. The maximum Gasteiger partial charge on any atom is 0.417 e. The van der Waals surface area contributed by atoms with E-state index in [0.717, 1.165) is 4.47 Å². The third-order valence-corrected chi connectivity index (χ3v) is 2.55. The lowest BCUT2D eigenvalue weighted by molar-refractivity contribution is 0.187. The predicted octanol–water partition coefficient (Wildman–Crippen LogP) is 0.876. The SMILES string of the molecule is NCC(O)c1cc(Br)cc2[nH]c(=O)oc12. The number of H-pyrrole nitrogens is 1. The Kier molecular flexibility index (Phi) is 2.64. The average Bonchev–Trinajstić information content (AvgIpc) is 2.55. The summed E-state index contributed by atoms with van der Waals surface area (Å²) < 4.78 is 5.67. The van der Waals surface area contributed by atoms with Gasteiger partial charge in [-0.1, -0.05) is 15.9 Å². The lowest BCUT2D eigenvalue weighted by Gasteiger charge is -2.08. The van der Waals surface area contributed by atoms with Crippen molar-refractivity contribution < 1.29 is 9.52 Å². The molecule has 2 rings (SSSR count). The van der Waals surface area contributed by atoms with Crippen LogP contribution in [0.3, 0.4) is 0 Å². The summed E-state index contributed by atoms with van der Waals surface area (Å²) in [6.07, 6.45) is -0.844. The largest absolute Gasteiger partial charge is 0.417 e. The van der Waals surface area contributed by atoms with E-state index in [1.54, 1.807) is 12.1 Å². The van der Waals surface area contributed by atoms with Gasteiger partial charge in [-0.2, -0.15) is 0 Å². The van der Waals surface area contributed by atoms with E-state index in [2.05, 4.69) is 20.9 Å². The number of nitrogens with one attached hydrogen (secondary N) is 1. The van der Waals surface area contributed by atoms with Crippen LogP contribution in [0.5, 0.6) is 0 Å². The van der Waals surface area contributed by atoms with Gasteiger partial charge in [-0.15, -0.1) is 0 Å². The summed E-state index contributed by atoms with van der Waals surface area (Å²) >= 11 is 3.27. The number of oxazole rings is 1. The van der Waals surface area contributed by atoms with Crippen LogP contribution in [0.15, 0.2) is 25.8 Å². The van der Waals surface area contributed by atoms with Crippen LogP contribution in [0.1, 0.15) is 11.7 Å². The van der Waals surface area contributed by atoms with Gasteiger partial charge >= 0.3 is 5.76 Å². The minimum absolute atomic E-state index is 0.0699. The van der Waals surface area contributed by atoms with E-state index >= 15 is 0 Å². The number of hydrogen-bond donors (Lipinski definition) is 3. The second kappa shape index (κ2) is 3.80. The van der Waals surface area contributed by atoms with Gasteiger partial charge in [-0.05, 0) is 12.1 Å². The number of hydrogen-bond acceptors (Lipinski definition) is 4. The van der Waals surface area contributed by atoms with Crippen molar-refractivity contribution in [3.05, 3.63) is 32.7 Å². The van der Waals surface area contributed by atoms with Crippen molar-refractivity contribution >= 4 is 27.0 Å². The lowest BCUT2D eigenvalue weighted by atomic mass is 10.1. The first-order valence-electron chi connectivity index (χ1n) is 4.32. The molecule has 1 aromatic heterocycles. The van der Waals surface area contributed by atoms with Crippen LogP contribution in [-0.2, 0) is 0 Å². The molecule has 4 N–H and O–H groups in total. The van der Waals surface area contributed by atoms with Crippen molar-refractivity contribution in [3.63, 3.8) is 0 Å². The van der Waals surface area contributed by atoms with Gasteiger partial charge in [0, 0.05) is 16.6 Å². The number of aliphatic hydroxyl groups excluding tert-OH is 1. The van der Waals surface area contributed by atoms with Crippen molar-refractivity contribution in [2.45, 2.75) is 6.10 Å². The molecule has 0 aliphatic rings. The monoisotopic (exact) mass is 272 g/mol. The van der Waals surface area contributed by atoms with Crippen LogP contribution in [0.2, 0.25) is 0 Å². The highest BCUT2D eigenvalue weighted by molar-refractivity contribution is 9.10. The number of fused-ring (bicyclic) bond motifs is 1. The molecule has 0 aliphatic carbocycles. The Morgan fingerprint density at radius 3 is 3.00 bits per heavy atom. The van der Waals surface area contributed by atoms with E-state index in [1.165, 1.54) is 0 Å². The average molecular weight is 273 g/mol. The van der Waals surface area contributed by atoms with Crippen molar-refractivity contribution in [1.82, 2.24) is 4.98 Å². The van der Waals surface area contributed by atoms with Gasteiger partial charge in [-0.25, -0.2) is 4.79 Å². The second-order valence-corrected chi connectivity index (χ2v) is 4.05. The fraction of sp³-hybridized carbons (Fsp3) is 0.222. The summed E-state index contributed by atoms with van der Waals surface area (Å²) in [5, 5.41) is 9.64. The van der Waals surface area contributed by atoms with E-state index in [4.69, 9.17) is 10.2 Å². The summed E-state index contributed by atoms with van der Waals surface area (Å²) in [6.45, 7) is 0.0699. The third-order valence-electron chi connectivity index (χ3n) is 2.10. The summed E-state index contributed by atoms with van der Waals surface area (Å²) in [7, 11) is 0. The first-order valence-corrected chi connectivity index (χ1v) is 5.11. The van der Waals surface area contributed by atoms with Crippen LogP contribution in [-0.4, -0.2) is 16.6 Å². The first kappa shape index (κ1) is 10.4. The molecule has 1 atom stereocenters. The van der Waals surface area contributed by atoms with Crippen LogP contribution >= 0.6 is 15.9 Å². The maximum absolute atomic E-state index is 11.0. The molecule has 0 saturated carbocycles. The van der Waals surface area contributed by atoms with Crippen LogP contribution in [0, 0.1) is 0 Å². The zero-order chi connectivity index (χ0) is 11.0. The highest BCUT2D eigenvalue weighted by Gasteiger charge is 2.14. The molecule has 0 spiro atoms. The molecule has 15 heavy (non-hydrogen) atoms. The highest BCUT2D eigenvalue weighted by Crippen LogP contribution is 2.26. The topological polar surface area (TPSA) is 92.2 Å². The fourth-order valence-electron chi connectivity index (χ4n) is 1.42. The minimum Gasteiger partial charge on any atom is -0.407 e. The molecular weight excluding hydrogens is 264 g/mol. The Bertz CT molecular complexity index is 546. The summed E-state index contributed by atoms with van der Waals surface area (Å²) in [5.74, 6) is -0.548. The number of aliphatic hydroxyl groups is 1. The van der Waals surface area contributed by atoms with Gasteiger partial charge in [0.1, 0.15) is 0 Å². The molecular formula is C9H9BrN2O3. The molecule has 2 aromatic rings. The van der Waals surface area contributed by atoms with Crippen molar-refractivity contribution in [2.24, 2.45) is 5.73 Å². The summed E-state index contributed by atoms with van der Waals surface area (Å²) in [6, 6.07) is 3.38. The van der Waals surface area contributed by atoms with Gasteiger partial charge in [-0.3, -0.25) is 4.98 Å². The molecule has 0 bridgehead atoms. The van der Waals surface area contributed by atoms with Gasteiger partial charge < -0.3 is 15.3 Å². The van der Waals surface area contributed by atoms with Gasteiger partial charge in [0.2, 0.25) is 0 Å². The Labute approximate surface area is 93.0 Å². The lowest BCUT2D eigenvalue weighted by Crippen LogP contribution is -2.11. The quantitative estimate of drug-likeness (QED) is 0.757. The van der Waals surface area contributed by atoms with E-state index in [0.29, 0.717) is 16.7 Å². The number of aromatic amines is 1. The maximum atomic E-state index is 11.0. The molecule has 1 aromatic carbocycles. The van der Waals surface area contributed by atoms with Gasteiger partial charge in [0.05, 0.1) is 11.6 Å². The number of aromatic nitrogens is 1. The Morgan fingerprint density at radius 1 is 1.60 bits per heavy atom.